The molecule has 0 unspecified atom stereocenters. The molecule has 1 aromatic rings. The monoisotopic (exact) mass is 189 g/mol. The predicted octanol–water partition coefficient (Wildman–Crippen LogP) is 2.46. The highest BCUT2D eigenvalue weighted by atomic mass is 15.0. The normalized spacial score (nSPS) is 19.1. The van der Waals surface area contributed by atoms with Gasteiger partial charge in [-0.1, -0.05) is 30.7 Å². The van der Waals surface area contributed by atoms with E-state index in [0.717, 1.165) is 0 Å². The maximum absolute atomic E-state index is 3.35. The van der Waals surface area contributed by atoms with E-state index in [4.69, 9.17) is 0 Å². The van der Waals surface area contributed by atoms with E-state index < -0.39 is 0 Å². The fourth-order valence-electron chi connectivity index (χ4n) is 2.18. The molecule has 2 rings (SSSR count). The van der Waals surface area contributed by atoms with Crippen molar-refractivity contribution in [2.45, 2.75) is 27.2 Å². The molecular formula is C13H19N. The average molecular weight is 189 g/mol. The van der Waals surface area contributed by atoms with Gasteiger partial charge >= 0.3 is 0 Å². The van der Waals surface area contributed by atoms with Crippen LogP contribution in [0.1, 0.15) is 23.6 Å². The van der Waals surface area contributed by atoms with Crippen molar-refractivity contribution in [2.75, 3.05) is 13.1 Å². The second kappa shape index (κ2) is 3.39. The van der Waals surface area contributed by atoms with Crippen LogP contribution in [-0.4, -0.2) is 13.1 Å². The zero-order chi connectivity index (χ0) is 10.2. The van der Waals surface area contributed by atoms with Crippen molar-refractivity contribution < 1.29 is 0 Å². The highest BCUT2D eigenvalue weighted by molar-refractivity contribution is 5.31. The number of hydrogen-bond donors (Lipinski definition) is 1. The minimum absolute atomic E-state index is 0.500. The van der Waals surface area contributed by atoms with Crippen molar-refractivity contribution in [3.05, 3.63) is 34.9 Å². The molecule has 1 heterocycles. The smallest absolute Gasteiger partial charge is 0.00208 e. The molecule has 14 heavy (non-hydrogen) atoms. The van der Waals surface area contributed by atoms with Gasteiger partial charge in [0.05, 0.1) is 0 Å². The van der Waals surface area contributed by atoms with Crippen molar-refractivity contribution in [3.8, 4) is 0 Å². The Morgan fingerprint density at radius 2 is 2.00 bits per heavy atom. The fourth-order valence-corrected chi connectivity index (χ4v) is 2.18. The van der Waals surface area contributed by atoms with Gasteiger partial charge in [0.25, 0.3) is 0 Å². The Hall–Kier alpha value is -0.820. The van der Waals surface area contributed by atoms with Gasteiger partial charge < -0.3 is 5.32 Å². The Bertz CT molecular complexity index is 337. The van der Waals surface area contributed by atoms with E-state index in [2.05, 4.69) is 44.3 Å². The summed E-state index contributed by atoms with van der Waals surface area (Å²) in [4.78, 5) is 0. The molecule has 76 valence electrons. The van der Waals surface area contributed by atoms with Crippen molar-refractivity contribution in [1.29, 1.82) is 0 Å². The van der Waals surface area contributed by atoms with E-state index in [1.54, 1.807) is 0 Å². The molecule has 1 aliphatic rings. The third-order valence-electron chi connectivity index (χ3n) is 3.22. The third kappa shape index (κ3) is 1.83. The van der Waals surface area contributed by atoms with Gasteiger partial charge in [0.1, 0.15) is 0 Å². The van der Waals surface area contributed by atoms with Gasteiger partial charge in [-0.05, 0) is 36.8 Å². The number of hydrogen-bond acceptors (Lipinski definition) is 1. The van der Waals surface area contributed by atoms with Crippen LogP contribution in [0.5, 0.6) is 0 Å². The number of benzene rings is 1. The molecular weight excluding hydrogens is 170 g/mol. The summed E-state index contributed by atoms with van der Waals surface area (Å²) in [6.45, 7) is 9.07. The van der Waals surface area contributed by atoms with E-state index in [0.29, 0.717) is 5.41 Å². The number of nitrogens with one attached hydrogen (secondary N) is 1. The van der Waals surface area contributed by atoms with Gasteiger partial charge in [-0.15, -0.1) is 0 Å². The first kappa shape index (κ1) is 9.72. The van der Waals surface area contributed by atoms with E-state index in [9.17, 15) is 0 Å². The van der Waals surface area contributed by atoms with Crippen LogP contribution in [0, 0.1) is 19.3 Å². The average Bonchev–Trinajstić information content (AvgIpc) is 2.07. The van der Waals surface area contributed by atoms with Crippen LogP contribution in [0.2, 0.25) is 0 Å². The molecule has 1 heteroatoms. The van der Waals surface area contributed by atoms with E-state index in [-0.39, 0.29) is 0 Å². The standard InChI is InChI=1S/C13H19N/c1-10-4-5-12(11(2)6-10)7-13(3)8-14-9-13/h4-6,14H,7-9H2,1-3H3. The second-order valence-electron chi connectivity index (χ2n) is 5.02. The SMILES string of the molecule is Cc1ccc(CC2(C)CNC2)c(C)c1. The lowest BCUT2D eigenvalue weighted by molar-refractivity contribution is 0.195. The Morgan fingerprint density at radius 3 is 2.50 bits per heavy atom. The van der Waals surface area contributed by atoms with Crippen molar-refractivity contribution >= 4 is 0 Å². The Balaban J connectivity index is 2.16. The van der Waals surface area contributed by atoms with Crippen molar-refractivity contribution in [3.63, 3.8) is 0 Å². The molecule has 0 spiro atoms. The zero-order valence-electron chi connectivity index (χ0n) is 9.35. The summed E-state index contributed by atoms with van der Waals surface area (Å²) in [6.07, 6.45) is 1.21. The maximum Gasteiger partial charge on any atom is 0.00208 e. The van der Waals surface area contributed by atoms with Gasteiger partial charge in [0.15, 0.2) is 0 Å². The van der Waals surface area contributed by atoms with Gasteiger partial charge in [-0.25, -0.2) is 0 Å². The topological polar surface area (TPSA) is 12.0 Å². The highest BCUT2D eigenvalue weighted by Crippen LogP contribution is 2.28. The first-order valence-electron chi connectivity index (χ1n) is 5.36. The van der Waals surface area contributed by atoms with Crippen LogP contribution in [0.3, 0.4) is 0 Å². The third-order valence-corrected chi connectivity index (χ3v) is 3.22. The molecule has 1 N–H and O–H groups in total. The number of rotatable bonds is 2. The lowest BCUT2D eigenvalue weighted by Crippen LogP contribution is -2.52. The van der Waals surface area contributed by atoms with Crippen LogP contribution >= 0.6 is 0 Å². The molecule has 0 radical (unpaired) electrons. The molecule has 0 saturated carbocycles. The molecule has 0 bridgehead atoms. The van der Waals surface area contributed by atoms with Gasteiger partial charge in [0.2, 0.25) is 0 Å². The molecule has 0 aliphatic carbocycles. The van der Waals surface area contributed by atoms with Gasteiger partial charge in [-0.2, -0.15) is 0 Å². The van der Waals surface area contributed by atoms with Crippen LogP contribution in [0.15, 0.2) is 18.2 Å². The summed E-state index contributed by atoms with van der Waals surface area (Å²) in [7, 11) is 0. The molecule has 0 aromatic heterocycles. The van der Waals surface area contributed by atoms with Crippen molar-refractivity contribution in [2.24, 2.45) is 5.41 Å². The molecule has 1 fully saturated rings. The summed E-state index contributed by atoms with van der Waals surface area (Å²) in [5.41, 5.74) is 4.82. The number of aryl methyl sites for hydroxylation is 2. The molecule has 0 atom stereocenters. The van der Waals surface area contributed by atoms with E-state index in [1.165, 1.54) is 36.2 Å². The molecule has 1 aliphatic heterocycles. The summed E-state index contributed by atoms with van der Waals surface area (Å²) >= 11 is 0. The second-order valence-corrected chi connectivity index (χ2v) is 5.02. The van der Waals surface area contributed by atoms with Crippen LogP contribution in [0.25, 0.3) is 0 Å². The lowest BCUT2D eigenvalue weighted by atomic mass is 9.77. The molecule has 1 aromatic carbocycles. The lowest BCUT2D eigenvalue weighted by Gasteiger charge is -2.40. The first-order chi connectivity index (χ1) is 6.59. The van der Waals surface area contributed by atoms with Crippen LogP contribution < -0.4 is 5.32 Å². The first-order valence-corrected chi connectivity index (χ1v) is 5.36. The quantitative estimate of drug-likeness (QED) is 0.753. The largest absolute Gasteiger partial charge is 0.316 e. The van der Waals surface area contributed by atoms with Crippen LogP contribution in [0.4, 0.5) is 0 Å². The summed E-state index contributed by atoms with van der Waals surface area (Å²) < 4.78 is 0. The summed E-state index contributed by atoms with van der Waals surface area (Å²) in [5, 5.41) is 3.35. The van der Waals surface area contributed by atoms with Crippen molar-refractivity contribution in [1.82, 2.24) is 5.32 Å². The van der Waals surface area contributed by atoms with E-state index in [1.807, 2.05) is 0 Å². The van der Waals surface area contributed by atoms with E-state index >= 15 is 0 Å². The predicted molar refractivity (Wildman–Crippen MR) is 60.6 cm³/mol. The van der Waals surface area contributed by atoms with Gasteiger partial charge in [-0.3, -0.25) is 0 Å². The minimum Gasteiger partial charge on any atom is -0.316 e. The summed E-state index contributed by atoms with van der Waals surface area (Å²) in [6, 6.07) is 6.79. The Labute approximate surface area is 86.5 Å². The Kier molecular flexibility index (Phi) is 2.36. The fraction of sp³-hybridized carbons (Fsp3) is 0.538. The maximum atomic E-state index is 3.35. The summed E-state index contributed by atoms with van der Waals surface area (Å²) in [5.74, 6) is 0. The minimum atomic E-state index is 0.500. The molecule has 1 nitrogen and oxygen atoms in total. The Morgan fingerprint density at radius 1 is 1.29 bits per heavy atom. The van der Waals surface area contributed by atoms with Crippen LogP contribution in [-0.2, 0) is 6.42 Å². The van der Waals surface area contributed by atoms with Gasteiger partial charge in [0, 0.05) is 13.1 Å². The molecule has 0 amide bonds. The molecule has 1 saturated heterocycles. The zero-order valence-corrected chi connectivity index (χ0v) is 9.35. The highest BCUT2D eigenvalue weighted by Gasteiger charge is 2.31.